The van der Waals surface area contributed by atoms with E-state index in [1.807, 2.05) is 24.6 Å². The normalized spacial score (nSPS) is 27.7. The third kappa shape index (κ3) is 4.61. The monoisotopic (exact) mass is 414 g/mol. The lowest BCUT2D eigenvalue weighted by Crippen LogP contribution is -2.51. The van der Waals surface area contributed by atoms with Crippen molar-refractivity contribution in [1.82, 2.24) is 21.3 Å². The Labute approximate surface area is 176 Å². The van der Waals surface area contributed by atoms with Crippen molar-refractivity contribution in [1.29, 1.82) is 0 Å². The van der Waals surface area contributed by atoms with Gasteiger partial charge in [0.2, 0.25) is 0 Å². The molecule has 1 aromatic carbocycles. The molecule has 1 fully saturated rings. The zero-order valence-corrected chi connectivity index (χ0v) is 17.8. The summed E-state index contributed by atoms with van der Waals surface area (Å²) in [5.41, 5.74) is 9.15. The van der Waals surface area contributed by atoms with Crippen LogP contribution in [0.4, 0.5) is 10.5 Å². The van der Waals surface area contributed by atoms with E-state index >= 15 is 0 Å². The van der Waals surface area contributed by atoms with Gasteiger partial charge in [0, 0.05) is 18.3 Å². The molecule has 0 spiro atoms. The van der Waals surface area contributed by atoms with Gasteiger partial charge in [-0.05, 0) is 61.9 Å². The number of hydrogen-bond acceptors (Lipinski definition) is 6. The first kappa shape index (κ1) is 20.3. The van der Waals surface area contributed by atoms with Crippen LogP contribution in [0.1, 0.15) is 25.3 Å². The van der Waals surface area contributed by atoms with Crippen molar-refractivity contribution in [2.75, 3.05) is 24.2 Å². The molecule has 0 aromatic heterocycles. The molecule has 2 heterocycles. The van der Waals surface area contributed by atoms with Crippen LogP contribution in [0.25, 0.3) is 0 Å². The molecule has 1 saturated carbocycles. The average molecular weight is 415 g/mol. The molecule has 1 aromatic rings. The molecular weight excluding hydrogens is 384 g/mol. The summed E-state index contributed by atoms with van der Waals surface area (Å²) in [6.07, 6.45) is 7.99. The number of carbonyl (C=O) groups excluding carboxylic acids is 1. The summed E-state index contributed by atoms with van der Waals surface area (Å²) in [5, 5.41) is 14.2. The van der Waals surface area contributed by atoms with Crippen molar-refractivity contribution in [2.45, 2.75) is 38.1 Å². The first-order valence-corrected chi connectivity index (χ1v) is 11.4. The van der Waals surface area contributed by atoms with Crippen molar-refractivity contribution in [2.24, 2.45) is 11.7 Å². The Balaban J connectivity index is 1.25. The van der Waals surface area contributed by atoms with Crippen LogP contribution in [-0.4, -0.2) is 37.2 Å². The number of rotatable bonds is 9. The second kappa shape index (κ2) is 8.39. The van der Waals surface area contributed by atoms with Crippen molar-refractivity contribution in [3.63, 3.8) is 0 Å². The molecule has 6 N–H and O–H groups in total. The number of anilines is 1. The first-order chi connectivity index (χ1) is 14.0. The second-order valence-corrected chi connectivity index (χ2v) is 8.86. The molecule has 2 aliphatic heterocycles. The molecule has 3 aliphatic rings. The molecule has 4 rings (SSSR count). The zero-order chi connectivity index (χ0) is 20.4. The first-order valence-electron chi connectivity index (χ1n) is 10.2. The van der Waals surface area contributed by atoms with E-state index in [1.54, 1.807) is 16.7 Å². The van der Waals surface area contributed by atoms with E-state index in [-0.39, 0.29) is 17.9 Å². The van der Waals surface area contributed by atoms with Crippen molar-refractivity contribution in [3.8, 4) is 0 Å². The summed E-state index contributed by atoms with van der Waals surface area (Å²) >= 11 is 1.64. The lowest BCUT2D eigenvalue weighted by atomic mass is 10.1. The molecule has 8 heteroatoms. The van der Waals surface area contributed by atoms with Crippen LogP contribution < -0.4 is 31.9 Å². The lowest BCUT2D eigenvalue weighted by Gasteiger charge is -2.29. The minimum absolute atomic E-state index is 0.118. The van der Waals surface area contributed by atoms with Crippen molar-refractivity contribution >= 4 is 23.5 Å². The van der Waals surface area contributed by atoms with Crippen LogP contribution in [0.2, 0.25) is 0 Å². The number of carbonyl (C=O) groups is 1. The number of nitrogens with zero attached hydrogens (tertiary/aromatic N) is 1. The van der Waals surface area contributed by atoms with Crippen molar-refractivity contribution in [3.05, 3.63) is 52.7 Å². The SMILES string of the molecule is CSC1=CC2=CN(c3ccc(CNCCCNC4(N)CC4C)cc3)C(=O)NC2N1. The van der Waals surface area contributed by atoms with Gasteiger partial charge in [0.15, 0.2) is 0 Å². The number of thioether (sulfide) groups is 1. The van der Waals surface area contributed by atoms with E-state index in [2.05, 4.69) is 46.4 Å². The Hall–Kier alpha value is -2.00. The Bertz CT molecular complexity index is 823. The Morgan fingerprint density at radius 2 is 2.03 bits per heavy atom. The van der Waals surface area contributed by atoms with Gasteiger partial charge in [-0.15, -0.1) is 11.8 Å². The maximum Gasteiger partial charge on any atom is 0.327 e. The summed E-state index contributed by atoms with van der Waals surface area (Å²) in [5.74, 6) is 0.589. The predicted molar refractivity (Wildman–Crippen MR) is 119 cm³/mol. The highest BCUT2D eigenvalue weighted by Crippen LogP contribution is 2.37. The topological polar surface area (TPSA) is 94.4 Å². The van der Waals surface area contributed by atoms with E-state index in [9.17, 15) is 4.79 Å². The molecule has 7 nitrogen and oxygen atoms in total. The standard InChI is InChI=1S/C21H30N6OS/c1-14-11-21(14,22)24-9-3-8-23-12-15-4-6-17(7-5-15)27-13-16-10-18(29-2)25-19(16)26-20(27)28/h4-7,10,13-14,19,23-25H,3,8-9,11-12,22H2,1-2H3,(H,26,28). The number of amides is 2. The highest BCUT2D eigenvalue weighted by molar-refractivity contribution is 8.02. The van der Waals surface area contributed by atoms with Gasteiger partial charge in [-0.2, -0.15) is 0 Å². The molecule has 156 valence electrons. The van der Waals surface area contributed by atoms with Crippen LogP contribution in [0, 0.1) is 5.92 Å². The van der Waals surface area contributed by atoms with Crippen LogP contribution in [-0.2, 0) is 6.54 Å². The number of nitrogens with one attached hydrogen (secondary N) is 4. The Kier molecular flexibility index (Phi) is 5.87. The largest absolute Gasteiger partial charge is 0.356 e. The van der Waals surface area contributed by atoms with Gasteiger partial charge >= 0.3 is 6.03 Å². The number of hydrogen-bond donors (Lipinski definition) is 5. The fraction of sp³-hybridized carbons (Fsp3) is 0.476. The number of nitrogens with two attached hydrogens (primary N) is 1. The molecule has 3 atom stereocenters. The highest BCUT2D eigenvalue weighted by atomic mass is 32.2. The van der Waals surface area contributed by atoms with E-state index in [4.69, 9.17) is 5.73 Å². The third-order valence-corrected chi connectivity index (χ3v) is 6.47. The average Bonchev–Trinajstić information content (AvgIpc) is 3.11. The molecule has 29 heavy (non-hydrogen) atoms. The maximum atomic E-state index is 12.5. The number of benzene rings is 1. The molecular formula is C21H30N6OS. The minimum Gasteiger partial charge on any atom is -0.356 e. The maximum absolute atomic E-state index is 12.5. The summed E-state index contributed by atoms with van der Waals surface area (Å²) < 4.78 is 0. The van der Waals surface area contributed by atoms with Gasteiger partial charge in [0.1, 0.15) is 6.17 Å². The van der Waals surface area contributed by atoms with Gasteiger partial charge < -0.3 is 21.7 Å². The van der Waals surface area contributed by atoms with E-state index in [0.717, 1.165) is 48.8 Å². The number of fused-ring (bicyclic) bond motifs is 1. The van der Waals surface area contributed by atoms with Gasteiger partial charge in [0.25, 0.3) is 0 Å². The van der Waals surface area contributed by atoms with Crippen molar-refractivity contribution < 1.29 is 4.79 Å². The molecule has 0 bridgehead atoms. The van der Waals surface area contributed by atoms with Gasteiger partial charge in [-0.1, -0.05) is 19.1 Å². The minimum atomic E-state index is -0.128. The smallest absolute Gasteiger partial charge is 0.327 e. The second-order valence-electron chi connectivity index (χ2n) is 8.01. The summed E-state index contributed by atoms with van der Waals surface area (Å²) in [6.45, 7) is 4.87. The van der Waals surface area contributed by atoms with Crippen LogP contribution in [0.3, 0.4) is 0 Å². The Morgan fingerprint density at radius 1 is 1.28 bits per heavy atom. The van der Waals surface area contributed by atoms with Gasteiger partial charge in [0.05, 0.1) is 16.4 Å². The van der Waals surface area contributed by atoms with E-state index in [1.165, 1.54) is 5.56 Å². The highest BCUT2D eigenvalue weighted by Gasteiger charge is 2.46. The van der Waals surface area contributed by atoms with Gasteiger partial charge in [-0.3, -0.25) is 10.2 Å². The molecule has 2 amide bonds. The van der Waals surface area contributed by atoms with Crippen LogP contribution in [0.5, 0.6) is 0 Å². The summed E-state index contributed by atoms with van der Waals surface area (Å²) in [7, 11) is 0. The fourth-order valence-corrected chi connectivity index (χ4v) is 4.17. The predicted octanol–water partition coefficient (Wildman–Crippen LogP) is 2.00. The zero-order valence-electron chi connectivity index (χ0n) is 17.0. The molecule has 0 radical (unpaired) electrons. The van der Waals surface area contributed by atoms with Crippen LogP contribution in [0.15, 0.2) is 47.1 Å². The Morgan fingerprint density at radius 3 is 2.72 bits per heavy atom. The van der Waals surface area contributed by atoms with Gasteiger partial charge in [-0.25, -0.2) is 4.79 Å². The molecule has 0 saturated heterocycles. The third-order valence-electron chi connectivity index (χ3n) is 5.79. The summed E-state index contributed by atoms with van der Waals surface area (Å²) in [4.78, 5) is 14.1. The number of urea groups is 1. The fourth-order valence-electron chi connectivity index (χ4n) is 3.68. The molecule has 1 aliphatic carbocycles. The molecule has 3 unspecified atom stereocenters. The quantitative estimate of drug-likeness (QED) is 0.313. The van der Waals surface area contributed by atoms with E-state index < -0.39 is 0 Å². The van der Waals surface area contributed by atoms with Crippen LogP contribution >= 0.6 is 11.8 Å². The summed E-state index contributed by atoms with van der Waals surface area (Å²) in [6, 6.07) is 7.99. The lowest BCUT2D eigenvalue weighted by molar-refractivity contribution is 0.244. The van der Waals surface area contributed by atoms with E-state index in [0.29, 0.717) is 5.92 Å².